The zero-order valence-corrected chi connectivity index (χ0v) is 11.4. The fourth-order valence-corrected chi connectivity index (χ4v) is 2.77. The third-order valence-corrected chi connectivity index (χ3v) is 4.02. The summed E-state index contributed by atoms with van der Waals surface area (Å²) in [6.07, 6.45) is 4.17. The quantitative estimate of drug-likeness (QED) is 0.898. The predicted molar refractivity (Wildman–Crippen MR) is 74.1 cm³/mol. The SMILES string of the molecule is CCC(NC(=O)C1(C#N)CCCC1)c1ccccc1. The first-order valence-corrected chi connectivity index (χ1v) is 6.99. The molecular weight excluding hydrogens is 236 g/mol. The van der Waals surface area contributed by atoms with Crippen LogP contribution in [0.25, 0.3) is 0 Å². The molecule has 1 aliphatic carbocycles. The van der Waals surface area contributed by atoms with Crippen molar-refractivity contribution in [1.29, 1.82) is 5.26 Å². The number of amides is 1. The van der Waals surface area contributed by atoms with Crippen LogP contribution in [0.1, 0.15) is 50.6 Å². The maximum atomic E-state index is 12.4. The molecule has 1 N–H and O–H groups in total. The van der Waals surface area contributed by atoms with Crippen LogP contribution < -0.4 is 5.32 Å². The van der Waals surface area contributed by atoms with Gasteiger partial charge in [-0.25, -0.2) is 0 Å². The highest BCUT2D eigenvalue weighted by atomic mass is 16.2. The molecule has 0 radical (unpaired) electrons. The monoisotopic (exact) mass is 256 g/mol. The highest BCUT2D eigenvalue weighted by molar-refractivity contribution is 5.86. The third kappa shape index (κ3) is 2.78. The van der Waals surface area contributed by atoms with Crippen molar-refractivity contribution in [3.63, 3.8) is 0 Å². The lowest BCUT2D eigenvalue weighted by Crippen LogP contribution is -2.40. The van der Waals surface area contributed by atoms with E-state index in [1.54, 1.807) is 0 Å². The van der Waals surface area contributed by atoms with E-state index in [1.165, 1.54) is 0 Å². The minimum Gasteiger partial charge on any atom is -0.348 e. The van der Waals surface area contributed by atoms with Gasteiger partial charge in [-0.1, -0.05) is 50.1 Å². The number of nitrogens with one attached hydrogen (secondary N) is 1. The van der Waals surface area contributed by atoms with E-state index in [2.05, 4.69) is 11.4 Å². The maximum Gasteiger partial charge on any atom is 0.240 e. The number of rotatable bonds is 4. The lowest BCUT2D eigenvalue weighted by molar-refractivity contribution is -0.128. The van der Waals surface area contributed by atoms with Gasteiger partial charge in [0.15, 0.2) is 0 Å². The average molecular weight is 256 g/mol. The van der Waals surface area contributed by atoms with Crippen molar-refractivity contribution in [2.75, 3.05) is 0 Å². The standard InChI is InChI=1S/C16H20N2O/c1-2-14(13-8-4-3-5-9-13)18-15(19)16(12-17)10-6-7-11-16/h3-5,8-9,14H,2,6-7,10-11H2,1H3,(H,18,19). The zero-order valence-electron chi connectivity index (χ0n) is 11.4. The summed E-state index contributed by atoms with van der Waals surface area (Å²) in [7, 11) is 0. The fraction of sp³-hybridized carbons (Fsp3) is 0.500. The molecule has 1 amide bonds. The van der Waals surface area contributed by atoms with Crippen LogP contribution in [0, 0.1) is 16.7 Å². The molecule has 0 spiro atoms. The molecule has 1 saturated carbocycles. The Morgan fingerprint density at radius 3 is 2.53 bits per heavy atom. The van der Waals surface area contributed by atoms with Gasteiger partial charge in [0.05, 0.1) is 12.1 Å². The van der Waals surface area contributed by atoms with Crippen molar-refractivity contribution < 1.29 is 4.79 Å². The zero-order chi connectivity index (χ0) is 13.7. The van der Waals surface area contributed by atoms with Crippen LogP contribution >= 0.6 is 0 Å². The van der Waals surface area contributed by atoms with E-state index < -0.39 is 5.41 Å². The lowest BCUT2D eigenvalue weighted by Gasteiger charge is -2.24. The Hall–Kier alpha value is -1.82. The van der Waals surface area contributed by atoms with Crippen molar-refractivity contribution in [1.82, 2.24) is 5.32 Å². The Morgan fingerprint density at radius 2 is 2.00 bits per heavy atom. The molecule has 0 saturated heterocycles. The smallest absolute Gasteiger partial charge is 0.240 e. The number of hydrogen-bond acceptors (Lipinski definition) is 2. The van der Waals surface area contributed by atoms with E-state index in [9.17, 15) is 10.1 Å². The van der Waals surface area contributed by atoms with Crippen molar-refractivity contribution in [2.45, 2.75) is 45.1 Å². The summed E-state index contributed by atoms with van der Waals surface area (Å²) >= 11 is 0. The van der Waals surface area contributed by atoms with Gasteiger partial charge < -0.3 is 5.32 Å². The van der Waals surface area contributed by atoms with Gasteiger partial charge in [-0.3, -0.25) is 4.79 Å². The Labute approximate surface area is 114 Å². The minimum atomic E-state index is -0.789. The van der Waals surface area contributed by atoms with Crippen LogP contribution in [-0.2, 0) is 4.79 Å². The molecule has 3 nitrogen and oxygen atoms in total. The van der Waals surface area contributed by atoms with Crippen LogP contribution in [0.3, 0.4) is 0 Å². The number of carbonyl (C=O) groups excluding carboxylic acids is 1. The minimum absolute atomic E-state index is 0.000440. The highest BCUT2D eigenvalue weighted by Crippen LogP contribution is 2.38. The summed E-state index contributed by atoms with van der Waals surface area (Å²) in [5, 5.41) is 12.4. The van der Waals surface area contributed by atoms with Crippen LogP contribution in [0.5, 0.6) is 0 Å². The molecule has 1 fully saturated rings. The summed E-state index contributed by atoms with van der Waals surface area (Å²) in [4.78, 5) is 12.4. The molecule has 1 aliphatic rings. The van der Waals surface area contributed by atoms with Gasteiger partial charge in [0.2, 0.25) is 5.91 Å². The molecule has 1 aromatic carbocycles. The first-order chi connectivity index (χ1) is 9.22. The number of carbonyl (C=O) groups is 1. The van der Waals surface area contributed by atoms with Crippen LogP contribution in [0.4, 0.5) is 0 Å². The summed E-state index contributed by atoms with van der Waals surface area (Å²) in [5.41, 5.74) is 0.312. The molecule has 19 heavy (non-hydrogen) atoms. The van der Waals surface area contributed by atoms with E-state index in [-0.39, 0.29) is 11.9 Å². The molecule has 0 bridgehead atoms. The molecule has 0 aromatic heterocycles. The normalized spacial score (nSPS) is 18.5. The largest absolute Gasteiger partial charge is 0.348 e. The number of nitrogens with zero attached hydrogens (tertiary/aromatic N) is 1. The van der Waals surface area contributed by atoms with Gasteiger partial charge in [0, 0.05) is 0 Å². The number of hydrogen-bond donors (Lipinski definition) is 1. The molecule has 0 aliphatic heterocycles. The highest BCUT2D eigenvalue weighted by Gasteiger charge is 2.42. The Balaban J connectivity index is 2.11. The first-order valence-electron chi connectivity index (χ1n) is 6.99. The summed E-state index contributed by atoms with van der Waals surface area (Å²) in [5.74, 6) is -0.0943. The fourth-order valence-electron chi connectivity index (χ4n) is 2.77. The average Bonchev–Trinajstić information content (AvgIpc) is 2.95. The Kier molecular flexibility index (Phi) is 4.21. The van der Waals surface area contributed by atoms with Gasteiger partial charge in [-0.15, -0.1) is 0 Å². The molecule has 1 aromatic rings. The summed E-state index contributed by atoms with van der Waals surface area (Å²) in [6.45, 7) is 2.05. The second-order valence-corrected chi connectivity index (χ2v) is 5.25. The molecule has 0 heterocycles. The van der Waals surface area contributed by atoms with Gasteiger partial charge in [0.25, 0.3) is 0 Å². The van der Waals surface area contributed by atoms with Gasteiger partial charge in [-0.05, 0) is 24.8 Å². The van der Waals surface area contributed by atoms with Gasteiger partial charge in [0.1, 0.15) is 5.41 Å². The van der Waals surface area contributed by atoms with E-state index in [1.807, 2.05) is 37.3 Å². The molecule has 3 heteroatoms. The van der Waals surface area contributed by atoms with Gasteiger partial charge >= 0.3 is 0 Å². The lowest BCUT2D eigenvalue weighted by atomic mass is 9.86. The number of benzene rings is 1. The van der Waals surface area contributed by atoms with Crippen LogP contribution in [0.2, 0.25) is 0 Å². The van der Waals surface area contributed by atoms with Gasteiger partial charge in [-0.2, -0.15) is 5.26 Å². The molecule has 2 rings (SSSR count). The van der Waals surface area contributed by atoms with E-state index in [4.69, 9.17) is 0 Å². The molecular formula is C16H20N2O. The number of nitriles is 1. The third-order valence-electron chi connectivity index (χ3n) is 4.02. The Bertz CT molecular complexity index is 469. The van der Waals surface area contributed by atoms with Crippen molar-refractivity contribution in [2.24, 2.45) is 5.41 Å². The van der Waals surface area contributed by atoms with Crippen molar-refractivity contribution in [3.8, 4) is 6.07 Å². The Morgan fingerprint density at radius 1 is 1.37 bits per heavy atom. The van der Waals surface area contributed by atoms with Crippen LogP contribution in [0.15, 0.2) is 30.3 Å². The molecule has 100 valence electrons. The maximum absolute atomic E-state index is 12.4. The van der Waals surface area contributed by atoms with Crippen LogP contribution in [-0.4, -0.2) is 5.91 Å². The predicted octanol–water partition coefficient (Wildman–Crippen LogP) is 3.34. The van der Waals surface area contributed by atoms with E-state index in [0.29, 0.717) is 12.8 Å². The van der Waals surface area contributed by atoms with E-state index >= 15 is 0 Å². The summed E-state index contributed by atoms with van der Waals surface area (Å²) in [6, 6.07) is 12.2. The topological polar surface area (TPSA) is 52.9 Å². The van der Waals surface area contributed by atoms with Crippen molar-refractivity contribution >= 4 is 5.91 Å². The van der Waals surface area contributed by atoms with E-state index in [0.717, 1.165) is 24.8 Å². The van der Waals surface area contributed by atoms with Crippen molar-refractivity contribution in [3.05, 3.63) is 35.9 Å². The molecule has 1 unspecified atom stereocenters. The molecule has 1 atom stereocenters. The second kappa shape index (κ2) is 5.88. The second-order valence-electron chi connectivity index (χ2n) is 5.25. The summed E-state index contributed by atoms with van der Waals surface area (Å²) < 4.78 is 0. The first kappa shape index (κ1) is 13.6.